The van der Waals surface area contributed by atoms with Crippen LogP contribution in [0, 0.1) is 6.92 Å². The number of carbonyl (C=O) groups is 2. The number of para-hydroxylation sites is 1. The number of hydrogen-bond acceptors (Lipinski definition) is 5. The lowest BCUT2D eigenvalue weighted by Gasteiger charge is -2.11. The number of ether oxygens (including phenoxy) is 1. The molecule has 0 atom stereocenters. The van der Waals surface area contributed by atoms with Crippen LogP contribution in [-0.4, -0.2) is 23.6 Å². The first-order valence-electron chi connectivity index (χ1n) is 10.1. The second kappa shape index (κ2) is 10.5. The molecule has 33 heavy (non-hydrogen) atoms. The summed E-state index contributed by atoms with van der Waals surface area (Å²) < 4.78 is 6.60. The fraction of sp³-hybridized carbons (Fsp3) is 0.0800. The first-order valence-corrected chi connectivity index (χ1v) is 11.7. The molecule has 0 radical (unpaired) electrons. The normalized spacial score (nSPS) is 15.5. The number of carbonyl (C=O) groups excluding carboxylic acids is 2. The summed E-state index contributed by atoms with van der Waals surface area (Å²) in [4.78, 5) is 29.8. The van der Waals surface area contributed by atoms with E-state index in [1.54, 1.807) is 12.1 Å². The van der Waals surface area contributed by atoms with Gasteiger partial charge >= 0.3 is 0 Å². The van der Waals surface area contributed by atoms with Crippen LogP contribution in [0.15, 0.2) is 87.2 Å². The molecule has 1 aliphatic heterocycles. The van der Waals surface area contributed by atoms with Crippen molar-refractivity contribution in [1.29, 1.82) is 0 Å². The van der Waals surface area contributed by atoms with E-state index in [2.05, 4.69) is 31.6 Å². The van der Waals surface area contributed by atoms with Crippen molar-refractivity contribution in [3.05, 3.63) is 93.3 Å². The number of nitrogens with zero attached hydrogens (tertiary/aromatic N) is 1. The van der Waals surface area contributed by atoms with E-state index in [-0.39, 0.29) is 18.4 Å². The Labute approximate surface area is 204 Å². The minimum atomic E-state index is -0.271. The molecule has 3 aromatic carbocycles. The van der Waals surface area contributed by atoms with Gasteiger partial charge in [0.05, 0.1) is 10.6 Å². The summed E-state index contributed by atoms with van der Waals surface area (Å²) in [5.74, 6) is -0.0166. The third-order valence-electron chi connectivity index (χ3n) is 4.56. The monoisotopic (exact) mass is 521 g/mol. The van der Waals surface area contributed by atoms with Crippen molar-refractivity contribution in [1.82, 2.24) is 5.32 Å². The number of amidine groups is 1. The maximum atomic E-state index is 12.5. The maximum Gasteiger partial charge on any atom is 0.264 e. The first-order chi connectivity index (χ1) is 16.0. The van der Waals surface area contributed by atoms with Gasteiger partial charge in [-0.15, -0.1) is 0 Å². The number of aliphatic imine (C=N–C) groups is 1. The zero-order valence-corrected chi connectivity index (χ0v) is 20.1. The summed E-state index contributed by atoms with van der Waals surface area (Å²) in [5.41, 5.74) is 3.20. The Morgan fingerprint density at radius 1 is 1.12 bits per heavy atom. The fourth-order valence-corrected chi connectivity index (χ4v) is 4.28. The van der Waals surface area contributed by atoms with Gasteiger partial charge in [-0.25, -0.2) is 4.99 Å². The van der Waals surface area contributed by atoms with Gasteiger partial charge in [0, 0.05) is 15.7 Å². The van der Waals surface area contributed by atoms with Gasteiger partial charge in [0.25, 0.3) is 11.8 Å². The highest BCUT2D eigenvalue weighted by Crippen LogP contribution is 2.32. The number of thioether (sulfide) groups is 1. The lowest BCUT2D eigenvalue weighted by molar-refractivity contribution is -0.118. The number of aryl methyl sites for hydroxylation is 1. The smallest absolute Gasteiger partial charge is 0.264 e. The van der Waals surface area contributed by atoms with Gasteiger partial charge in [-0.2, -0.15) is 0 Å². The van der Waals surface area contributed by atoms with E-state index in [0.717, 1.165) is 15.7 Å². The van der Waals surface area contributed by atoms with E-state index in [1.807, 2.05) is 73.7 Å². The van der Waals surface area contributed by atoms with Crippen molar-refractivity contribution in [2.24, 2.45) is 4.99 Å². The van der Waals surface area contributed by atoms with Crippen molar-refractivity contribution >= 4 is 62.1 Å². The Bertz CT molecular complexity index is 1260. The summed E-state index contributed by atoms with van der Waals surface area (Å²) in [6, 6.07) is 22.4. The van der Waals surface area contributed by atoms with Crippen LogP contribution in [0.25, 0.3) is 6.08 Å². The number of rotatable bonds is 6. The Hall–Kier alpha value is -3.36. The minimum Gasteiger partial charge on any atom is -0.483 e. The van der Waals surface area contributed by atoms with Gasteiger partial charge in [-0.3, -0.25) is 9.59 Å². The Balaban J connectivity index is 1.47. The standard InChI is InChI=1S/C25H20BrN3O3S/c1-16-6-5-9-20(12-16)27-23(30)15-32-21-11-10-18(26)13-17(21)14-22-24(31)29-25(33-22)28-19-7-3-2-4-8-19/h2-14H,15H2,1H3,(H,27,30)(H,28,29,31)/b22-14-. The van der Waals surface area contributed by atoms with Crippen LogP contribution in [0.1, 0.15) is 11.1 Å². The fourth-order valence-electron chi connectivity index (χ4n) is 3.07. The number of nitrogens with one attached hydrogen (secondary N) is 2. The molecular formula is C25H20BrN3O3S. The number of anilines is 1. The zero-order chi connectivity index (χ0) is 23.2. The van der Waals surface area contributed by atoms with Gasteiger partial charge in [-0.05, 0) is 72.8 Å². The number of benzene rings is 3. The molecule has 0 unspecified atom stereocenters. The molecule has 2 N–H and O–H groups in total. The van der Waals surface area contributed by atoms with Gasteiger partial charge in [0.1, 0.15) is 5.75 Å². The summed E-state index contributed by atoms with van der Waals surface area (Å²) in [5, 5.41) is 6.11. The van der Waals surface area contributed by atoms with Crippen LogP contribution in [0.5, 0.6) is 5.75 Å². The second-order valence-corrected chi connectivity index (χ2v) is 9.15. The number of halogens is 1. The van der Waals surface area contributed by atoms with Gasteiger partial charge in [0.15, 0.2) is 11.8 Å². The zero-order valence-electron chi connectivity index (χ0n) is 17.7. The Kier molecular flexibility index (Phi) is 7.26. The lowest BCUT2D eigenvalue weighted by atomic mass is 10.2. The maximum absolute atomic E-state index is 12.5. The molecule has 4 rings (SSSR count). The van der Waals surface area contributed by atoms with Crippen LogP contribution >= 0.6 is 27.7 Å². The largest absolute Gasteiger partial charge is 0.483 e. The molecule has 8 heteroatoms. The summed E-state index contributed by atoms with van der Waals surface area (Å²) in [6.07, 6.45) is 1.73. The predicted molar refractivity (Wildman–Crippen MR) is 137 cm³/mol. The van der Waals surface area contributed by atoms with Gasteiger partial charge < -0.3 is 15.4 Å². The highest BCUT2D eigenvalue weighted by Gasteiger charge is 2.24. The van der Waals surface area contributed by atoms with E-state index < -0.39 is 0 Å². The van der Waals surface area contributed by atoms with Crippen LogP contribution in [-0.2, 0) is 9.59 Å². The van der Waals surface area contributed by atoms with Crippen LogP contribution in [0.2, 0.25) is 0 Å². The van der Waals surface area contributed by atoms with Crippen molar-refractivity contribution in [3.63, 3.8) is 0 Å². The molecule has 166 valence electrons. The molecule has 0 bridgehead atoms. The highest BCUT2D eigenvalue weighted by atomic mass is 79.9. The molecule has 0 saturated carbocycles. The SMILES string of the molecule is Cc1cccc(NC(=O)COc2ccc(Br)cc2/C=C2\SC(=Nc3ccccc3)NC2=O)c1. The van der Waals surface area contributed by atoms with E-state index in [1.165, 1.54) is 11.8 Å². The molecule has 0 spiro atoms. The Morgan fingerprint density at radius 3 is 2.73 bits per heavy atom. The van der Waals surface area contributed by atoms with E-state index in [4.69, 9.17) is 4.74 Å². The summed E-state index contributed by atoms with van der Waals surface area (Å²) in [7, 11) is 0. The number of amides is 2. The quantitative estimate of drug-likeness (QED) is 0.409. The summed E-state index contributed by atoms with van der Waals surface area (Å²) in [6.45, 7) is 1.80. The molecule has 0 aromatic heterocycles. The third kappa shape index (κ3) is 6.34. The van der Waals surface area contributed by atoms with E-state index in [0.29, 0.717) is 27.1 Å². The van der Waals surface area contributed by atoms with Crippen molar-refractivity contribution in [3.8, 4) is 5.75 Å². The van der Waals surface area contributed by atoms with Crippen LogP contribution in [0.4, 0.5) is 11.4 Å². The van der Waals surface area contributed by atoms with Crippen molar-refractivity contribution < 1.29 is 14.3 Å². The summed E-state index contributed by atoms with van der Waals surface area (Å²) >= 11 is 4.70. The molecule has 0 aliphatic carbocycles. The third-order valence-corrected chi connectivity index (χ3v) is 5.96. The molecule has 1 fully saturated rings. The molecule has 1 heterocycles. The second-order valence-electron chi connectivity index (χ2n) is 7.21. The number of hydrogen-bond donors (Lipinski definition) is 2. The molecule has 3 aromatic rings. The molecular weight excluding hydrogens is 502 g/mol. The first kappa shape index (κ1) is 22.8. The molecule has 2 amide bonds. The molecule has 6 nitrogen and oxygen atoms in total. The molecule has 1 saturated heterocycles. The van der Waals surface area contributed by atoms with Crippen LogP contribution in [0.3, 0.4) is 0 Å². The van der Waals surface area contributed by atoms with Gasteiger partial charge in [0.2, 0.25) is 0 Å². The van der Waals surface area contributed by atoms with Crippen LogP contribution < -0.4 is 15.4 Å². The Morgan fingerprint density at radius 2 is 1.94 bits per heavy atom. The average Bonchev–Trinajstić information content (AvgIpc) is 3.12. The molecule has 1 aliphatic rings. The van der Waals surface area contributed by atoms with Crippen molar-refractivity contribution in [2.75, 3.05) is 11.9 Å². The highest BCUT2D eigenvalue weighted by molar-refractivity contribution is 9.10. The lowest BCUT2D eigenvalue weighted by Crippen LogP contribution is -2.20. The average molecular weight is 522 g/mol. The van der Waals surface area contributed by atoms with Gasteiger partial charge in [-0.1, -0.05) is 46.3 Å². The van der Waals surface area contributed by atoms with E-state index >= 15 is 0 Å². The topological polar surface area (TPSA) is 79.8 Å². The predicted octanol–water partition coefficient (Wildman–Crippen LogP) is 5.67. The van der Waals surface area contributed by atoms with E-state index in [9.17, 15) is 9.59 Å². The van der Waals surface area contributed by atoms with Crippen molar-refractivity contribution in [2.45, 2.75) is 6.92 Å². The minimum absolute atomic E-state index is 0.161.